The lowest BCUT2D eigenvalue weighted by atomic mass is 9.78. The van der Waals surface area contributed by atoms with Gasteiger partial charge in [0.1, 0.15) is 0 Å². The zero-order valence-electron chi connectivity index (χ0n) is 17.4. The van der Waals surface area contributed by atoms with Crippen LogP contribution in [0.3, 0.4) is 0 Å². The maximum Gasteiger partial charge on any atom is 0.253 e. The van der Waals surface area contributed by atoms with Crippen LogP contribution in [-0.2, 0) is 5.54 Å². The van der Waals surface area contributed by atoms with E-state index in [1.165, 1.54) is 17.0 Å². The second-order valence-electron chi connectivity index (χ2n) is 8.78. The van der Waals surface area contributed by atoms with E-state index in [1.807, 2.05) is 4.90 Å². The van der Waals surface area contributed by atoms with Crippen LogP contribution < -0.4 is 5.32 Å². The fourth-order valence-electron chi connectivity index (χ4n) is 5.21. The number of benzene rings is 1. The summed E-state index contributed by atoms with van der Waals surface area (Å²) >= 11 is 0. The lowest BCUT2D eigenvalue weighted by Crippen LogP contribution is -2.63. The summed E-state index contributed by atoms with van der Waals surface area (Å²) in [6.45, 7) is 5.88. The topological polar surface area (TPSA) is 61.1 Å². The summed E-state index contributed by atoms with van der Waals surface area (Å²) in [5, 5.41) is 13.0. The van der Waals surface area contributed by atoms with E-state index in [4.69, 9.17) is 5.26 Å². The van der Waals surface area contributed by atoms with Gasteiger partial charge < -0.3 is 9.47 Å². The Kier molecular flexibility index (Phi) is 4.41. The van der Waals surface area contributed by atoms with Crippen molar-refractivity contribution < 1.29 is 4.79 Å². The molecule has 152 valence electrons. The largest absolute Gasteiger partial charge is 0.336 e. The Bertz CT molecular complexity index is 1100. The highest BCUT2D eigenvalue weighted by Crippen LogP contribution is 2.42. The Labute approximate surface area is 177 Å². The van der Waals surface area contributed by atoms with Gasteiger partial charge in [0.2, 0.25) is 0 Å². The number of allylic oxidation sites excluding steroid dienone is 2. The predicted molar refractivity (Wildman–Crippen MR) is 117 cm³/mol. The van der Waals surface area contributed by atoms with Gasteiger partial charge in [-0.3, -0.25) is 10.1 Å². The molecule has 1 N–H and O–H groups in total. The summed E-state index contributed by atoms with van der Waals surface area (Å²) in [5.41, 5.74) is 4.86. The molecule has 5 heteroatoms. The lowest BCUT2D eigenvalue weighted by Gasteiger charge is -2.51. The van der Waals surface area contributed by atoms with Crippen LogP contribution in [0.25, 0.3) is 5.70 Å². The Morgan fingerprint density at radius 3 is 2.80 bits per heavy atom. The van der Waals surface area contributed by atoms with E-state index in [-0.39, 0.29) is 17.5 Å². The van der Waals surface area contributed by atoms with E-state index in [1.54, 1.807) is 24.3 Å². The molecule has 0 radical (unpaired) electrons. The fraction of sp³-hybridized carbons (Fsp3) is 0.360. The number of fused-ring (bicyclic) bond motifs is 4. The normalized spacial score (nSPS) is 27.6. The van der Waals surface area contributed by atoms with Crippen LogP contribution >= 0.6 is 0 Å². The number of likely N-dealkylation sites (tertiary alicyclic amines) is 1. The van der Waals surface area contributed by atoms with Gasteiger partial charge in [0.25, 0.3) is 5.91 Å². The molecule has 1 fully saturated rings. The van der Waals surface area contributed by atoms with Gasteiger partial charge in [0.15, 0.2) is 0 Å². The van der Waals surface area contributed by atoms with Gasteiger partial charge in [0, 0.05) is 36.2 Å². The van der Waals surface area contributed by atoms with Gasteiger partial charge in [-0.15, -0.1) is 0 Å². The van der Waals surface area contributed by atoms with E-state index in [0.29, 0.717) is 23.6 Å². The van der Waals surface area contributed by atoms with Crippen LogP contribution in [0.15, 0.2) is 60.3 Å². The molecular formula is C25H26N4O. The molecule has 30 heavy (non-hydrogen) atoms. The van der Waals surface area contributed by atoms with Crippen LogP contribution in [0.5, 0.6) is 0 Å². The molecule has 0 saturated carbocycles. The fourth-order valence-corrected chi connectivity index (χ4v) is 5.21. The van der Waals surface area contributed by atoms with E-state index >= 15 is 0 Å². The SMILES string of the molecule is CC1=CC=C2C(NC3(CCCN(C(=O)c4ccc(C#N)cc4)C3)c3cccn32)C1C. The molecule has 2 aliphatic heterocycles. The first-order chi connectivity index (χ1) is 14.5. The van der Waals surface area contributed by atoms with Crippen molar-refractivity contribution in [2.24, 2.45) is 5.92 Å². The van der Waals surface area contributed by atoms with Gasteiger partial charge in [0.05, 0.1) is 23.2 Å². The summed E-state index contributed by atoms with van der Waals surface area (Å²) in [6, 6.07) is 13.6. The molecule has 5 rings (SSSR count). The number of carbonyl (C=O) groups excluding carboxylic acids is 1. The first kappa shape index (κ1) is 18.9. The Hall–Kier alpha value is -3.10. The number of hydrogen-bond donors (Lipinski definition) is 1. The summed E-state index contributed by atoms with van der Waals surface area (Å²) in [4.78, 5) is 15.2. The molecule has 3 unspecified atom stereocenters. The standard InChI is InChI=1S/C25H26N4O/c1-17-6-11-21-23(18(17)2)27-25(22-5-3-14-29(21)22)12-4-13-28(16-25)24(30)20-9-7-19(15-26)8-10-20/h3,5-11,14,18,23,27H,4,12-13,16H2,1-2H3. The van der Waals surface area contributed by atoms with Gasteiger partial charge in [-0.1, -0.05) is 18.6 Å². The number of nitriles is 1. The Morgan fingerprint density at radius 1 is 1.23 bits per heavy atom. The molecule has 3 heterocycles. The minimum atomic E-state index is -0.252. The van der Waals surface area contributed by atoms with E-state index in [9.17, 15) is 4.79 Å². The molecular weight excluding hydrogens is 372 g/mol. The molecule has 5 nitrogen and oxygen atoms in total. The summed E-state index contributed by atoms with van der Waals surface area (Å²) in [5.74, 6) is 0.439. The highest BCUT2D eigenvalue weighted by Gasteiger charge is 2.47. The summed E-state index contributed by atoms with van der Waals surface area (Å²) in [7, 11) is 0. The number of piperidine rings is 1. The van der Waals surface area contributed by atoms with Crippen LogP contribution in [0.2, 0.25) is 0 Å². The van der Waals surface area contributed by atoms with Crippen molar-refractivity contribution in [3.05, 3.63) is 77.1 Å². The molecule has 3 aliphatic rings. The van der Waals surface area contributed by atoms with Gasteiger partial charge in [-0.05, 0) is 68.2 Å². The van der Waals surface area contributed by atoms with Crippen molar-refractivity contribution in [3.8, 4) is 6.07 Å². The van der Waals surface area contributed by atoms with Crippen molar-refractivity contribution in [3.63, 3.8) is 0 Å². The van der Waals surface area contributed by atoms with Gasteiger partial charge in [-0.2, -0.15) is 5.26 Å². The molecule has 0 bridgehead atoms. The highest BCUT2D eigenvalue weighted by atomic mass is 16.2. The molecule has 1 aromatic carbocycles. The molecule has 1 saturated heterocycles. The number of nitrogens with one attached hydrogen (secondary N) is 1. The first-order valence-corrected chi connectivity index (χ1v) is 10.7. The average Bonchev–Trinajstić information content (AvgIpc) is 3.28. The Balaban J connectivity index is 1.49. The number of carbonyl (C=O) groups is 1. The van der Waals surface area contributed by atoms with Crippen LogP contribution in [0.4, 0.5) is 0 Å². The minimum absolute atomic E-state index is 0.0348. The second kappa shape index (κ2) is 7.00. The molecule has 1 spiro atoms. The number of hydrogen-bond acceptors (Lipinski definition) is 3. The van der Waals surface area contributed by atoms with E-state index < -0.39 is 0 Å². The lowest BCUT2D eigenvalue weighted by molar-refractivity contribution is 0.0553. The van der Waals surface area contributed by atoms with Crippen LogP contribution in [0, 0.1) is 17.2 Å². The maximum atomic E-state index is 13.3. The monoisotopic (exact) mass is 398 g/mol. The summed E-state index contributed by atoms with van der Waals surface area (Å²) in [6.07, 6.45) is 8.56. The third-order valence-electron chi connectivity index (χ3n) is 7.04. The van der Waals surface area contributed by atoms with E-state index in [0.717, 1.165) is 19.4 Å². The summed E-state index contributed by atoms with van der Waals surface area (Å²) < 4.78 is 2.33. The minimum Gasteiger partial charge on any atom is -0.336 e. The van der Waals surface area contributed by atoms with Crippen molar-refractivity contribution in [2.45, 2.75) is 38.3 Å². The first-order valence-electron chi connectivity index (χ1n) is 10.7. The smallest absolute Gasteiger partial charge is 0.253 e. The number of amides is 1. The van der Waals surface area contributed by atoms with Crippen molar-refractivity contribution in [2.75, 3.05) is 13.1 Å². The van der Waals surface area contributed by atoms with Crippen molar-refractivity contribution in [1.82, 2.24) is 14.8 Å². The molecule has 1 amide bonds. The average molecular weight is 399 g/mol. The molecule has 1 aromatic heterocycles. The number of rotatable bonds is 1. The Morgan fingerprint density at radius 2 is 2.03 bits per heavy atom. The van der Waals surface area contributed by atoms with Crippen LogP contribution in [0.1, 0.15) is 48.3 Å². The number of aromatic nitrogens is 1. The third kappa shape index (κ3) is 2.83. The van der Waals surface area contributed by atoms with Crippen molar-refractivity contribution in [1.29, 1.82) is 5.26 Å². The zero-order valence-corrected chi connectivity index (χ0v) is 17.4. The highest BCUT2D eigenvalue weighted by molar-refractivity contribution is 5.94. The zero-order chi connectivity index (χ0) is 20.9. The molecule has 1 aliphatic carbocycles. The predicted octanol–water partition coefficient (Wildman–Crippen LogP) is 3.90. The third-order valence-corrected chi connectivity index (χ3v) is 7.04. The number of nitrogens with zero attached hydrogens (tertiary/aromatic N) is 3. The van der Waals surface area contributed by atoms with Crippen molar-refractivity contribution >= 4 is 11.6 Å². The van der Waals surface area contributed by atoms with Crippen LogP contribution in [-0.4, -0.2) is 34.5 Å². The van der Waals surface area contributed by atoms with Gasteiger partial charge >= 0.3 is 0 Å². The van der Waals surface area contributed by atoms with E-state index in [2.05, 4.69) is 60.3 Å². The molecule has 2 aromatic rings. The maximum absolute atomic E-state index is 13.3. The van der Waals surface area contributed by atoms with Gasteiger partial charge in [-0.25, -0.2) is 0 Å². The second-order valence-corrected chi connectivity index (χ2v) is 8.78. The quantitative estimate of drug-likeness (QED) is 0.793. The molecule has 3 atom stereocenters.